The Morgan fingerprint density at radius 3 is 2.78 bits per heavy atom. The summed E-state index contributed by atoms with van der Waals surface area (Å²) in [5, 5.41) is 3.04. The molecule has 1 aliphatic rings. The van der Waals surface area contributed by atoms with Gasteiger partial charge in [-0.3, -0.25) is 4.79 Å². The topological polar surface area (TPSA) is 74.8 Å². The molecule has 0 radical (unpaired) electrons. The Morgan fingerprint density at radius 1 is 1.22 bits per heavy atom. The highest BCUT2D eigenvalue weighted by molar-refractivity contribution is 5.95. The summed E-state index contributed by atoms with van der Waals surface area (Å²) >= 11 is 0. The van der Waals surface area contributed by atoms with Gasteiger partial charge in [0.05, 0.1) is 0 Å². The second-order valence-electron chi connectivity index (χ2n) is 6.10. The van der Waals surface area contributed by atoms with E-state index in [0.29, 0.717) is 11.5 Å². The number of carbonyl (C=O) groups is 1. The van der Waals surface area contributed by atoms with Crippen LogP contribution in [-0.4, -0.2) is 22.4 Å². The standard InChI is InChI=1S/C18H21N3O2/c22-17(19-10-13-5-2-1-3-6-13)15-8-4-7-14(9-15)16-11-20-18(23)21-12-16/h4,7-9,11-13H,1-3,5-6,10H2,(H,19,22)(H,20,21,23). The third-order valence-corrected chi connectivity index (χ3v) is 4.41. The fraction of sp³-hybridized carbons (Fsp3) is 0.389. The summed E-state index contributed by atoms with van der Waals surface area (Å²) in [6, 6.07) is 7.37. The van der Waals surface area contributed by atoms with Crippen molar-refractivity contribution < 1.29 is 4.79 Å². The third-order valence-electron chi connectivity index (χ3n) is 4.41. The van der Waals surface area contributed by atoms with Crippen LogP contribution in [0.3, 0.4) is 0 Å². The van der Waals surface area contributed by atoms with Gasteiger partial charge in [0.15, 0.2) is 0 Å². The maximum Gasteiger partial charge on any atom is 0.344 e. The quantitative estimate of drug-likeness (QED) is 0.911. The Hall–Kier alpha value is -2.43. The van der Waals surface area contributed by atoms with Crippen LogP contribution in [-0.2, 0) is 0 Å². The zero-order chi connectivity index (χ0) is 16.1. The first-order valence-electron chi connectivity index (χ1n) is 8.16. The summed E-state index contributed by atoms with van der Waals surface area (Å²) in [6.45, 7) is 0.753. The van der Waals surface area contributed by atoms with Crippen LogP contribution < -0.4 is 11.0 Å². The Kier molecular flexibility index (Phi) is 4.86. The van der Waals surface area contributed by atoms with Crippen LogP contribution in [0, 0.1) is 5.92 Å². The van der Waals surface area contributed by atoms with E-state index in [1.807, 2.05) is 18.2 Å². The van der Waals surface area contributed by atoms with E-state index in [2.05, 4.69) is 15.3 Å². The molecule has 0 aliphatic heterocycles. The van der Waals surface area contributed by atoms with Gasteiger partial charge in [-0.1, -0.05) is 31.4 Å². The summed E-state index contributed by atoms with van der Waals surface area (Å²) in [5.74, 6) is 0.564. The highest BCUT2D eigenvalue weighted by Gasteiger charge is 2.15. The molecule has 2 N–H and O–H groups in total. The predicted octanol–water partition coefficient (Wildman–Crippen LogP) is 2.75. The van der Waals surface area contributed by atoms with Crippen molar-refractivity contribution in [2.45, 2.75) is 32.1 Å². The number of aromatic amines is 1. The lowest BCUT2D eigenvalue weighted by Gasteiger charge is -2.21. The number of hydrogen-bond donors (Lipinski definition) is 2. The Balaban J connectivity index is 1.67. The number of nitrogens with zero attached hydrogens (tertiary/aromatic N) is 1. The number of rotatable bonds is 4. The number of benzene rings is 1. The van der Waals surface area contributed by atoms with Crippen LogP contribution in [0.15, 0.2) is 41.5 Å². The second kappa shape index (κ2) is 7.22. The van der Waals surface area contributed by atoms with Crippen LogP contribution in [0.4, 0.5) is 0 Å². The molecule has 2 aromatic rings. The molecule has 1 saturated carbocycles. The molecule has 5 nitrogen and oxygen atoms in total. The molecule has 5 heteroatoms. The predicted molar refractivity (Wildman–Crippen MR) is 89.2 cm³/mol. The van der Waals surface area contributed by atoms with Gasteiger partial charge in [0.1, 0.15) is 0 Å². The number of carbonyl (C=O) groups excluding carboxylic acids is 1. The van der Waals surface area contributed by atoms with E-state index >= 15 is 0 Å². The third kappa shape index (κ3) is 4.06. The highest BCUT2D eigenvalue weighted by Crippen LogP contribution is 2.23. The molecule has 1 heterocycles. The summed E-state index contributed by atoms with van der Waals surface area (Å²) in [7, 11) is 0. The molecule has 1 fully saturated rings. The zero-order valence-corrected chi connectivity index (χ0v) is 13.0. The summed E-state index contributed by atoms with van der Waals surface area (Å²) < 4.78 is 0. The van der Waals surface area contributed by atoms with Gasteiger partial charge in [-0.15, -0.1) is 0 Å². The molecule has 1 amide bonds. The van der Waals surface area contributed by atoms with Crippen molar-refractivity contribution in [3.8, 4) is 11.1 Å². The van der Waals surface area contributed by atoms with Gasteiger partial charge >= 0.3 is 5.69 Å². The molecule has 23 heavy (non-hydrogen) atoms. The first-order chi connectivity index (χ1) is 11.2. The highest BCUT2D eigenvalue weighted by atomic mass is 16.1. The van der Waals surface area contributed by atoms with Crippen LogP contribution in [0.25, 0.3) is 11.1 Å². The molecule has 1 aromatic heterocycles. The molecule has 0 spiro atoms. The van der Waals surface area contributed by atoms with Crippen molar-refractivity contribution in [1.82, 2.24) is 15.3 Å². The number of amides is 1. The lowest BCUT2D eigenvalue weighted by atomic mass is 9.89. The van der Waals surface area contributed by atoms with E-state index in [9.17, 15) is 9.59 Å². The summed E-state index contributed by atoms with van der Waals surface area (Å²) in [4.78, 5) is 29.6. The summed E-state index contributed by atoms with van der Waals surface area (Å²) in [6.07, 6.45) is 9.41. The van der Waals surface area contributed by atoms with E-state index in [1.54, 1.807) is 12.3 Å². The maximum atomic E-state index is 12.3. The van der Waals surface area contributed by atoms with Gasteiger partial charge in [-0.2, -0.15) is 0 Å². The number of hydrogen-bond acceptors (Lipinski definition) is 3. The van der Waals surface area contributed by atoms with Crippen LogP contribution in [0.1, 0.15) is 42.5 Å². The minimum Gasteiger partial charge on any atom is -0.352 e. The first-order valence-corrected chi connectivity index (χ1v) is 8.16. The van der Waals surface area contributed by atoms with E-state index < -0.39 is 0 Å². The van der Waals surface area contributed by atoms with Gasteiger partial charge < -0.3 is 10.3 Å². The minimum atomic E-state index is -0.380. The summed E-state index contributed by atoms with van der Waals surface area (Å²) in [5.41, 5.74) is 1.89. The van der Waals surface area contributed by atoms with Gasteiger partial charge in [0, 0.05) is 30.1 Å². The molecular weight excluding hydrogens is 290 g/mol. The molecule has 0 bridgehead atoms. The van der Waals surface area contributed by atoms with Crippen molar-refractivity contribution in [2.24, 2.45) is 5.92 Å². The number of nitrogens with one attached hydrogen (secondary N) is 2. The van der Waals surface area contributed by atoms with Crippen molar-refractivity contribution in [2.75, 3.05) is 6.54 Å². The van der Waals surface area contributed by atoms with E-state index in [4.69, 9.17) is 0 Å². The smallest absolute Gasteiger partial charge is 0.344 e. The van der Waals surface area contributed by atoms with E-state index in [-0.39, 0.29) is 11.6 Å². The van der Waals surface area contributed by atoms with Crippen molar-refractivity contribution in [3.63, 3.8) is 0 Å². The Labute approximate surface area is 135 Å². The monoisotopic (exact) mass is 311 g/mol. The first kappa shape index (κ1) is 15.5. The molecule has 120 valence electrons. The largest absolute Gasteiger partial charge is 0.352 e. The molecule has 0 unspecified atom stereocenters. The van der Waals surface area contributed by atoms with E-state index in [1.165, 1.54) is 38.3 Å². The molecular formula is C18H21N3O2. The lowest BCUT2D eigenvalue weighted by molar-refractivity contribution is 0.0943. The molecule has 0 saturated heterocycles. The maximum absolute atomic E-state index is 12.3. The van der Waals surface area contributed by atoms with Gasteiger partial charge in [0.25, 0.3) is 5.91 Å². The SMILES string of the molecule is O=C(NCC1CCCCC1)c1cccc(-c2cnc(=O)[nH]c2)c1. The Bertz CT molecular complexity index is 713. The average Bonchev–Trinajstić information content (AvgIpc) is 2.61. The molecule has 1 aliphatic carbocycles. The van der Waals surface area contributed by atoms with Crippen molar-refractivity contribution >= 4 is 5.91 Å². The molecule has 3 rings (SSSR count). The van der Waals surface area contributed by atoms with Crippen LogP contribution >= 0.6 is 0 Å². The number of H-pyrrole nitrogens is 1. The fourth-order valence-corrected chi connectivity index (χ4v) is 3.07. The van der Waals surface area contributed by atoms with E-state index in [0.717, 1.165) is 17.7 Å². The second-order valence-corrected chi connectivity index (χ2v) is 6.10. The van der Waals surface area contributed by atoms with Gasteiger partial charge in [-0.25, -0.2) is 9.78 Å². The zero-order valence-electron chi connectivity index (χ0n) is 13.0. The van der Waals surface area contributed by atoms with Gasteiger partial charge in [-0.05, 0) is 36.5 Å². The van der Waals surface area contributed by atoms with Gasteiger partial charge in [0.2, 0.25) is 0 Å². The molecule has 1 aromatic carbocycles. The normalized spacial score (nSPS) is 15.3. The average molecular weight is 311 g/mol. The lowest BCUT2D eigenvalue weighted by Crippen LogP contribution is -2.30. The molecule has 0 atom stereocenters. The van der Waals surface area contributed by atoms with Crippen LogP contribution in [0.2, 0.25) is 0 Å². The minimum absolute atomic E-state index is 0.0465. The van der Waals surface area contributed by atoms with Crippen molar-refractivity contribution in [3.05, 3.63) is 52.7 Å². The van der Waals surface area contributed by atoms with Crippen molar-refractivity contribution in [1.29, 1.82) is 0 Å². The van der Waals surface area contributed by atoms with Crippen LogP contribution in [0.5, 0.6) is 0 Å². The Morgan fingerprint density at radius 2 is 2.04 bits per heavy atom. The fourth-order valence-electron chi connectivity index (χ4n) is 3.07. The number of aromatic nitrogens is 2.